The number of pyridine rings is 2. The van der Waals surface area contributed by atoms with E-state index >= 15 is 0 Å². The van der Waals surface area contributed by atoms with Gasteiger partial charge in [-0.25, -0.2) is 9.97 Å². The van der Waals surface area contributed by atoms with Gasteiger partial charge in [-0.1, -0.05) is 12.1 Å². The number of benzene rings is 1. The van der Waals surface area contributed by atoms with Crippen LogP contribution in [0.1, 0.15) is 35.5 Å². The van der Waals surface area contributed by atoms with E-state index in [-0.39, 0.29) is 11.6 Å². The van der Waals surface area contributed by atoms with Gasteiger partial charge < -0.3 is 14.5 Å². The van der Waals surface area contributed by atoms with E-state index < -0.39 is 0 Å². The van der Waals surface area contributed by atoms with Gasteiger partial charge in [-0.2, -0.15) is 5.26 Å². The largest absolute Gasteiger partial charge is 0.369 e. The van der Waals surface area contributed by atoms with Gasteiger partial charge in [-0.15, -0.1) is 0 Å². The smallest absolute Gasteiger partial charge is 0.250 e. The summed E-state index contributed by atoms with van der Waals surface area (Å²) in [4.78, 5) is 26.4. The van der Waals surface area contributed by atoms with Crippen LogP contribution in [0.4, 0.5) is 5.82 Å². The Kier molecular flexibility index (Phi) is 5.25. The van der Waals surface area contributed by atoms with Crippen molar-refractivity contribution in [2.24, 2.45) is 12.0 Å². The van der Waals surface area contributed by atoms with Gasteiger partial charge in [-0.05, 0) is 50.1 Å². The van der Waals surface area contributed by atoms with Crippen molar-refractivity contribution in [1.82, 2.24) is 19.1 Å². The Morgan fingerprint density at radius 1 is 1.18 bits per heavy atom. The quantitative estimate of drug-likeness (QED) is 0.515. The maximum absolute atomic E-state index is 12.0. The van der Waals surface area contributed by atoms with E-state index in [9.17, 15) is 10.1 Å². The number of nitriles is 1. The first kappa shape index (κ1) is 21.6. The highest BCUT2D eigenvalue weighted by Crippen LogP contribution is 2.35. The maximum atomic E-state index is 12.0. The highest BCUT2D eigenvalue weighted by molar-refractivity contribution is 5.81. The monoisotopic (exact) mass is 451 g/mol. The molecule has 1 unspecified atom stereocenters. The standard InChI is InChI=1S/C26H25N7O/c1-15-18(13-27)6-5-7-20(15)16(2)29-24-22-12-21(19-8-9-23(34)32(4)14-19)25-28-10-11-33(25)26(22)31-17(3)30-24/h5-9,12,14,16,28H,10-11H2,1-4H3. The molecule has 3 aliphatic heterocycles. The molecule has 34 heavy (non-hydrogen) atoms. The number of fused-ring (bicyclic) bond motifs is 3. The van der Waals surface area contributed by atoms with E-state index in [1.165, 1.54) is 0 Å². The van der Waals surface area contributed by atoms with Crippen molar-refractivity contribution < 1.29 is 0 Å². The summed E-state index contributed by atoms with van der Waals surface area (Å²) < 4.78 is 3.74. The summed E-state index contributed by atoms with van der Waals surface area (Å²) in [6, 6.07) is 13.3. The molecule has 0 amide bonds. The number of hydrogen-bond donors (Lipinski definition) is 1. The summed E-state index contributed by atoms with van der Waals surface area (Å²) in [5.41, 5.74) is 5.89. The minimum atomic E-state index is -0.192. The Morgan fingerprint density at radius 3 is 2.76 bits per heavy atom. The molecule has 0 saturated heterocycles. The van der Waals surface area contributed by atoms with Crippen LogP contribution in [-0.2, 0) is 13.6 Å². The summed E-state index contributed by atoms with van der Waals surface area (Å²) in [6.45, 7) is 7.42. The molecule has 0 spiro atoms. The molecule has 3 aliphatic rings. The molecule has 8 nitrogen and oxygen atoms in total. The lowest BCUT2D eigenvalue weighted by Crippen LogP contribution is -2.21. The summed E-state index contributed by atoms with van der Waals surface area (Å²) in [5, 5.41) is 12.9. The first-order chi connectivity index (χ1) is 16.4. The van der Waals surface area contributed by atoms with Crippen LogP contribution in [-0.4, -0.2) is 25.6 Å². The van der Waals surface area contributed by atoms with Gasteiger partial charge in [0.2, 0.25) is 5.56 Å². The summed E-state index contributed by atoms with van der Waals surface area (Å²) in [6.07, 6.45) is 1.84. The van der Waals surface area contributed by atoms with E-state index in [2.05, 4.69) is 22.0 Å². The number of aromatic nitrogens is 4. The van der Waals surface area contributed by atoms with Gasteiger partial charge >= 0.3 is 0 Å². The molecular formula is C26H25N7O. The van der Waals surface area contributed by atoms with E-state index in [4.69, 9.17) is 15.0 Å². The second kappa shape index (κ2) is 8.27. The van der Waals surface area contributed by atoms with Crippen molar-refractivity contribution in [3.8, 4) is 28.6 Å². The second-order valence-corrected chi connectivity index (χ2v) is 8.62. The maximum Gasteiger partial charge on any atom is 0.250 e. The molecule has 8 heteroatoms. The predicted octanol–water partition coefficient (Wildman–Crippen LogP) is 3.32. The lowest BCUT2D eigenvalue weighted by atomic mass is 9.98. The number of anilines is 1. The number of nitrogens with zero attached hydrogens (tertiary/aromatic N) is 6. The zero-order valence-electron chi connectivity index (χ0n) is 19.6. The van der Waals surface area contributed by atoms with Gasteiger partial charge in [0.1, 0.15) is 17.5 Å². The van der Waals surface area contributed by atoms with Crippen LogP contribution in [0.3, 0.4) is 0 Å². The third-order valence-electron chi connectivity index (χ3n) is 6.37. The molecule has 170 valence electrons. The van der Waals surface area contributed by atoms with Crippen molar-refractivity contribution in [3.05, 3.63) is 81.0 Å². The Bertz CT molecular complexity index is 1570. The number of hydrogen-bond acceptors (Lipinski definition) is 6. The van der Waals surface area contributed by atoms with Crippen LogP contribution in [0.15, 0.2) is 52.4 Å². The molecule has 1 N–H and O–H groups in total. The third-order valence-corrected chi connectivity index (χ3v) is 6.37. The lowest BCUT2D eigenvalue weighted by Gasteiger charge is -2.19. The van der Waals surface area contributed by atoms with Gasteiger partial charge in [0, 0.05) is 43.5 Å². The Labute approximate surface area is 197 Å². The van der Waals surface area contributed by atoms with Crippen molar-refractivity contribution >= 4 is 5.82 Å². The normalized spacial score (nSPS) is 14.0. The molecule has 1 aromatic heterocycles. The minimum absolute atomic E-state index is 0.0553. The van der Waals surface area contributed by atoms with Crippen LogP contribution in [0.5, 0.6) is 0 Å². The van der Waals surface area contributed by atoms with Crippen LogP contribution in [0, 0.1) is 25.2 Å². The molecule has 0 aliphatic carbocycles. The average Bonchev–Trinajstić information content (AvgIpc) is 3.31. The molecule has 4 heterocycles. The summed E-state index contributed by atoms with van der Waals surface area (Å²) in [7, 11) is 1.75. The molecule has 2 aromatic rings. The Morgan fingerprint density at radius 2 is 2.00 bits per heavy atom. The van der Waals surface area contributed by atoms with Gasteiger partial charge in [0.25, 0.3) is 0 Å². The van der Waals surface area contributed by atoms with Crippen molar-refractivity contribution in [2.45, 2.75) is 33.4 Å². The fourth-order valence-corrected chi connectivity index (χ4v) is 4.60. The van der Waals surface area contributed by atoms with E-state index in [0.717, 1.165) is 52.5 Å². The highest BCUT2D eigenvalue weighted by Gasteiger charge is 2.24. The van der Waals surface area contributed by atoms with Crippen LogP contribution in [0.25, 0.3) is 22.5 Å². The van der Waals surface area contributed by atoms with Crippen LogP contribution >= 0.6 is 0 Å². The third kappa shape index (κ3) is 3.55. The van der Waals surface area contributed by atoms with Crippen LogP contribution < -0.4 is 16.4 Å². The summed E-state index contributed by atoms with van der Waals surface area (Å²) in [5.74, 6) is 2.45. The fraction of sp³-hybridized carbons (Fsp3) is 0.269. The first-order valence-electron chi connectivity index (χ1n) is 11.2. The van der Waals surface area contributed by atoms with Gasteiger partial charge in [0.15, 0.2) is 5.49 Å². The second-order valence-electron chi connectivity index (χ2n) is 8.62. The molecule has 5 rings (SSSR count). The van der Waals surface area contributed by atoms with Gasteiger partial charge in [-0.3, -0.25) is 9.79 Å². The Hall–Kier alpha value is -4.25. The lowest BCUT2D eigenvalue weighted by molar-refractivity contribution is 0.746. The highest BCUT2D eigenvalue weighted by atomic mass is 16.1. The molecule has 1 atom stereocenters. The summed E-state index contributed by atoms with van der Waals surface area (Å²) >= 11 is 0. The molecule has 0 fully saturated rings. The van der Waals surface area contributed by atoms with Gasteiger partial charge in [0.05, 0.1) is 23.2 Å². The predicted molar refractivity (Wildman–Crippen MR) is 130 cm³/mol. The zero-order chi connectivity index (χ0) is 24.0. The van der Waals surface area contributed by atoms with E-state index in [0.29, 0.717) is 16.9 Å². The topological polar surface area (TPSA) is 101 Å². The first-order valence-corrected chi connectivity index (χ1v) is 11.2. The van der Waals surface area contributed by atoms with Crippen molar-refractivity contribution in [2.75, 3.05) is 11.9 Å². The molecular weight excluding hydrogens is 426 g/mol. The SMILES string of the molecule is Cc1nc2n3c(c(-c4ccc(=O)n(C)c4)cc-2c(=NC(C)c2cccc(C#N)c2C)n1)NCC3. The zero-order valence-corrected chi connectivity index (χ0v) is 19.6. The number of aryl methyl sites for hydroxylation is 2. The van der Waals surface area contributed by atoms with E-state index in [1.807, 2.05) is 51.2 Å². The molecule has 0 saturated carbocycles. The minimum Gasteiger partial charge on any atom is -0.369 e. The molecule has 0 bridgehead atoms. The Balaban J connectivity index is 1.76. The van der Waals surface area contributed by atoms with E-state index in [1.54, 1.807) is 17.7 Å². The van der Waals surface area contributed by atoms with Crippen molar-refractivity contribution in [3.63, 3.8) is 0 Å². The number of nitrogens with one attached hydrogen (secondary N) is 1. The number of rotatable bonds is 3. The van der Waals surface area contributed by atoms with Crippen LogP contribution in [0.2, 0.25) is 0 Å². The average molecular weight is 452 g/mol. The van der Waals surface area contributed by atoms with Crippen molar-refractivity contribution in [1.29, 1.82) is 5.26 Å². The molecule has 0 radical (unpaired) electrons. The fourth-order valence-electron chi connectivity index (χ4n) is 4.60. The molecule has 1 aromatic carbocycles.